The van der Waals surface area contributed by atoms with Gasteiger partial charge in [0.2, 0.25) is 0 Å². The summed E-state index contributed by atoms with van der Waals surface area (Å²) >= 11 is 0. The summed E-state index contributed by atoms with van der Waals surface area (Å²) in [5, 5.41) is 3.53. The second kappa shape index (κ2) is 11.8. The van der Waals surface area contributed by atoms with E-state index in [-0.39, 0.29) is 0 Å². The van der Waals surface area contributed by atoms with Gasteiger partial charge in [-0.2, -0.15) is 0 Å². The second-order valence-corrected chi connectivity index (χ2v) is 5.85. The van der Waals surface area contributed by atoms with Crippen LogP contribution in [0, 0.1) is 0 Å². The molecule has 1 rings (SSSR count). The number of hydrogen-bond donors (Lipinski definition) is 1. The van der Waals surface area contributed by atoms with E-state index in [1.807, 2.05) is 0 Å². The third kappa shape index (κ3) is 8.24. The minimum atomic E-state index is 1.11. The van der Waals surface area contributed by atoms with E-state index in [1.54, 1.807) is 0 Å². The van der Waals surface area contributed by atoms with Gasteiger partial charge in [-0.25, -0.2) is 0 Å². The van der Waals surface area contributed by atoms with Crippen molar-refractivity contribution in [3.63, 3.8) is 0 Å². The lowest BCUT2D eigenvalue weighted by Crippen LogP contribution is -2.01. The van der Waals surface area contributed by atoms with Crippen molar-refractivity contribution in [2.45, 2.75) is 78.1 Å². The van der Waals surface area contributed by atoms with E-state index in [0.29, 0.717) is 0 Å². The van der Waals surface area contributed by atoms with Gasteiger partial charge in [-0.3, -0.25) is 0 Å². The van der Waals surface area contributed by atoms with Gasteiger partial charge in [-0.15, -0.1) is 0 Å². The summed E-state index contributed by atoms with van der Waals surface area (Å²) in [4.78, 5) is 0. The van der Waals surface area contributed by atoms with E-state index in [9.17, 15) is 0 Å². The second-order valence-electron chi connectivity index (χ2n) is 5.85. The molecule has 0 saturated heterocycles. The molecule has 0 fully saturated rings. The van der Waals surface area contributed by atoms with Crippen LogP contribution >= 0.6 is 0 Å². The Morgan fingerprint density at radius 2 is 1.30 bits per heavy atom. The van der Waals surface area contributed by atoms with Crippen LogP contribution < -0.4 is 5.32 Å². The fraction of sp³-hybridized carbons (Fsp3) is 0.684. The molecule has 0 saturated carbocycles. The molecule has 0 heterocycles. The van der Waals surface area contributed by atoms with E-state index in [4.69, 9.17) is 0 Å². The van der Waals surface area contributed by atoms with Gasteiger partial charge in [0, 0.05) is 12.2 Å². The molecule has 1 nitrogen and oxygen atoms in total. The lowest BCUT2D eigenvalue weighted by atomic mass is 10.1. The highest BCUT2D eigenvalue weighted by Crippen LogP contribution is 2.12. The summed E-state index contributed by atoms with van der Waals surface area (Å²) < 4.78 is 0. The van der Waals surface area contributed by atoms with Crippen molar-refractivity contribution < 1.29 is 0 Å². The van der Waals surface area contributed by atoms with Crippen LogP contribution in [0.15, 0.2) is 24.3 Å². The highest BCUT2D eigenvalue weighted by atomic mass is 14.9. The molecule has 0 aliphatic rings. The summed E-state index contributed by atoms with van der Waals surface area (Å²) in [6.45, 7) is 5.64. The Hall–Kier alpha value is -0.980. The SMILES string of the molecule is CCCCCCCCCNc1ccc(CCCC)cc1. The van der Waals surface area contributed by atoms with E-state index >= 15 is 0 Å². The molecule has 0 aliphatic heterocycles. The van der Waals surface area contributed by atoms with Crippen molar-refractivity contribution in [1.82, 2.24) is 0 Å². The Morgan fingerprint density at radius 3 is 1.95 bits per heavy atom. The Kier molecular flexibility index (Phi) is 10.1. The smallest absolute Gasteiger partial charge is 0.0340 e. The molecular weight excluding hydrogens is 242 g/mol. The van der Waals surface area contributed by atoms with Gasteiger partial charge in [0.1, 0.15) is 0 Å². The first-order valence-corrected chi connectivity index (χ1v) is 8.69. The van der Waals surface area contributed by atoms with Crippen molar-refractivity contribution in [2.75, 3.05) is 11.9 Å². The Bertz CT molecular complexity index is 315. The number of rotatable bonds is 12. The number of unbranched alkanes of at least 4 members (excludes halogenated alkanes) is 7. The van der Waals surface area contributed by atoms with Crippen LogP contribution in [0.5, 0.6) is 0 Å². The highest BCUT2D eigenvalue weighted by Gasteiger charge is 1.95. The predicted octanol–water partition coefficient (Wildman–Crippen LogP) is 6.19. The molecule has 0 spiro atoms. The molecule has 20 heavy (non-hydrogen) atoms. The summed E-state index contributed by atoms with van der Waals surface area (Å²) in [6, 6.07) is 8.99. The van der Waals surface area contributed by atoms with Gasteiger partial charge in [0.15, 0.2) is 0 Å². The number of benzene rings is 1. The predicted molar refractivity (Wildman–Crippen MR) is 91.5 cm³/mol. The van der Waals surface area contributed by atoms with Crippen molar-refractivity contribution in [3.8, 4) is 0 Å². The molecule has 1 N–H and O–H groups in total. The molecular formula is C19H33N. The molecule has 0 atom stereocenters. The first-order valence-electron chi connectivity index (χ1n) is 8.69. The Balaban J connectivity index is 2.04. The van der Waals surface area contributed by atoms with Crippen molar-refractivity contribution in [2.24, 2.45) is 0 Å². The quantitative estimate of drug-likeness (QED) is 0.448. The summed E-state index contributed by atoms with van der Waals surface area (Å²) in [6.07, 6.45) is 13.4. The number of nitrogens with one attached hydrogen (secondary N) is 1. The first-order chi connectivity index (χ1) is 9.86. The molecule has 114 valence electrons. The molecule has 0 aliphatic carbocycles. The van der Waals surface area contributed by atoms with Crippen LogP contribution in [0.2, 0.25) is 0 Å². The van der Waals surface area contributed by atoms with Gasteiger partial charge in [-0.05, 0) is 37.0 Å². The van der Waals surface area contributed by atoms with Crippen molar-refractivity contribution in [1.29, 1.82) is 0 Å². The van der Waals surface area contributed by atoms with Gasteiger partial charge in [-0.1, -0.05) is 70.9 Å². The zero-order chi connectivity index (χ0) is 14.5. The largest absolute Gasteiger partial charge is 0.385 e. The molecule has 0 bridgehead atoms. The van der Waals surface area contributed by atoms with Crippen LogP contribution in [-0.2, 0) is 6.42 Å². The van der Waals surface area contributed by atoms with E-state index < -0.39 is 0 Å². The maximum atomic E-state index is 3.53. The van der Waals surface area contributed by atoms with Crippen molar-refractivity contribution >= 4 is 5.69 Å². The monoisotopic (exact) mass is 275 g/mol. The van der Waals surface area contributed by atoms with Crippen LogP contribution in [0.25, 0.3) is 0 Å². The average Bonchev–Trinajstić information content (AvgIpc) is 2.49. The lowest BCUT2D eigenvalue weighted by Gasteiger charge is -2.07. The summed E-state index contributed by atoms with van der Waals surface area (Å²) in [7, 11) is 0. The van der Waals surface area contributed by atoms with E-state index in [0.717, 1.165) is 6.54 Å². The molecule has 0 amide bonds. The molecule has 0 radical (unpaired) electrons. The van der Waals surface area contributed by atoms with Crippen LogP contribution in [0.3, 0.4) is 0 Å². The third-order valence-corrected chi connectivity index (χ3v) is 3.88. The number of aryl methyl sites for hydroxylation is 1. The fourth-order valence-corrected chi connectivity index (χ4v) is 2.48. The summed E-state index contributed by atoms with van der Waals surface area (Å²) in [5.41, 5.74) is 2.74. The van der Waals surface area contributed by atoms with Crippen molar-refractivity contribution in [3.05, 3.63) is 29.8 Å². The van der Waals surface area contributed by atoms with Gasteiger partial charge in [0.05, 0.1) is 0 Å². The minimum Gasteiger partial charge on any atom is -0.385 e. The standard InChI is InChI=1S/C19H33N/c1-3-5-7-8-9-10-11-17-20-19-15-13-18(14-16-19)12-6-4-2/h13-16,20H,3-12,17H2,1-2H3. The van der Waals surface area contributed by atoms with Gasteiger partial charge in [0.25, 0.3) is 0 Å². The Morgan fingerprint density at radius 1 is 0.700 bits per heavy atom. The van der Waals surface area contributed by atoms with Gasteiger partial charge >= 0.3 is 0 Å². The van der Waals surface area contributed by atoms with Crippen LogP contribution in [-0.4, -0.2) is 6.54 Å². The van der Waals surface area contributed by atoms with E-state index in [1.165, 1.54) is 75.5 Å². The zero-order valence-electron chi connectivity index (χ0n) is 13.6. The normalized spacial score (nSPS) is 10.7. The lowest BCUT2D eigenvalue weighted by molar-refractivity contribution is 0.596. The molecule has 0 unspecified atom stereocenters. The molecule has 1 heteroatoms. The molecule has 1 aromatic rings. The number of hydrogen-bond acceptors (Lipinski definition) is 1. The van der Waals surface area contributed by atoms with Crippen LogP contribution in [0.4, 0.5) is 5.69 Å². The van der Waals surface area contributed by atoms with Crippen LogP contribution in [0.1, 0.15) is 77.2 Å². The highest BCUT2D eigenvalue weighted by molar-refractivity contribution is 5.44. The number of anilines is 1. The molecule has 1 aromatic carbocycles. The minimum absolute atomic E-state index is 1.11. The Labute approximate surface area is 126 Å². The maximum absolute atomic E-state index is 3.53. The van der Waals surface area contributed by atoms with Gasteiger partial charge < -0.3 is 5.32 Å². The topological polar surface area (TPSA) is 12.0 Å². The van der Waals surface area contributed by atoms with E-state index in [2.05, 4.69) is 43.4 Å². The average molecular weight is 275 g/mol. The fourth-order valence-electron chi connectivity index (χ4n) is 2.48. The summed E-state index contributed by atoms with van der Waals surface area (Å²) in [5.74, 6) is 0. The first kappa shape index (κ1) is 17.1. The maximum Gasteiger partial charge on any atom is 0.0340 e. The zero-order valence-corrected chi connectivity index (χ0v) is 13.6. The third-order valence-electron chi connectivity index (χ3n) is 3.88. The molecule has 0 aromatic heterocycles.